The molecule has 20 heavy (non-hydrogen) atoms. The number of hydrogen-bond acceptors (Lipinski definition) is 2. The molecule has 0 amide bonds. The highest BCUT2D eigenvalue weighted by molar-refractivity contribution is 14.1. The van der Waals surface area contributed by atoms with Gasteiger partial charge in [-0.1, -0.05) is 24.3 Å². The molecule has 2 aromatic carbocycles. The normalized spacial score (nSPS) is 13.1. The van der Waals surface area contributed by atoms with Crippen LogP contribution in [0.1, 0.15) is 17.2 Å². The van der Waals surface area contributed by atoms with Crippen LogP contribution in [0.4, 0.5) is 13.2 Å². The van der Waals surface area contributed by atoms with Crippen molar-refractivity contribution in [2.24, 2.45) is 5.73 Å². The molecule has 0 saturated carbocycles. The van der Waals surface area contributed by atoms with E-state index in [9.17, 15) is 13.2 Å². The van der Waals surface area contributed by atoms with Gasteiger partial charge in [0.1, 0.15) is 5.75 Å². The molecule has 106 valence electrons. The molecule has 0 saturated heterocycles. The first kappa shape index (κ1) is 15.1. The van der Waals surface area contributed by atoms with Gasteiger partial charge in [-0.05, 0) is 58.0 Å². The van der Waals surface area contributed by atoms with E-state index in [1.54, 1.807) is 6.07 Å². The van der Waals surface area contributed by atoms with Gasteiger partial charge in [0, 0.05) is 3.57 Å². The average molecular weight is 393 g/mol. The summed E-state index contributed by atoms with van der Waals surface area (Å²) in [6.07, 6.45) is -4.70. The van der Waals surface area contributed by atoms with E-state index in [4.69, 9.17) is 5.73 Å². The summed E-state index contributed by atoms with van der Waals surface area (Å²) in [6, 6.07) is 12.7. The number of alkyl halides is 3. The van der Waals surface area contributed by atoms with Crippen molar-refractivity contribution < 1.29 is 17.9 Å². The van der Waals surface area contributed by atoms with Gasteiger partial charge in [-0.3, -0.25) is 0 Å². The van der Waals surface area contributed by atoms with Crippen LogP contribution in [0.3, 0.4) is 0 Å². The van der Waals surface area contributed by atoms with E-state index in [1.165, 1.54) is 18.2 Å². The fourth-order valence-corrected chi connectivity index (χ4v) is 2.36. The second-order valence-corrected chi connectivity index (χ2v) is 5.40. The number of rotatable bonds is 3. The van der Waals surface area contributed by atoms with Gasteiger partial charge in [-0.15, -0.1) is 13.2 Å². The van der Waals surface area contributed by atoms with Crippen molar-refractivity contribution in [3.8, 4) is 5.75 Å². The van der Waals surface area contributed by atoms with Crippen LogP contribution in [0.25, 0.3) is 0 Å². The maximum Gasteiger partial charge on any atom is 0.573 e. The SMILES string of the molecule is NC(c1cccc(I)c1)c1cccc(OC(F)(F)F)c1. The van der Waals surface area contributed by atoms with Gasteiger partial charge < -0.3 is 10.5 Å². The van der Waals surface area contributed by atoms with Crippen molar-refractivity contribution in [3.63, 3.8) is 0 Å². The zero-order valence-electron chi connectivity index (χ0n) is 10.2. The van der Waals surface area contributed by atoms with E-state index < -0.39 is 12.4 Å². The number of ether oxygens (including phenoxy) is 1. The van der Waals surface area contributed by atoms with Crippen molar-refractivity contribution in [3.05, 3.63) is 63.2 Å². The summed E-state index contributed by atoms with van der Waals surface area (Å²) in [7, 11) is 0. The fourth-order valence-electron chi connectivity index (χ4n) is 1.80. The minimum Gasteiger partial charge on any atom is -0.406 e. The molecule has 0 aliphatic carbocycles. The van der Waals surface area contributed by atoms with Crippen molar-refractivity contribution in [1.82, 2.24) is 0 Å². The summed E-state index contributed by atoms with van der Waals surface area (Å²) in [6.45, 7) is 0. The van der Waals surface area contributed by atoms with Gasteiger partial charge in [-0.25, -0.2) is 0 Å². The Morgan fingerprint density at radius 2 is 1.60 bits per heavy atom. The Kier molecular flexibility index (Phi) is 4.54. The minimum absolute atomic E-state index is 0.268. The van der Waals surface area contributed by atoms with E-state index in [0.717, 1.165) is 9.13 Å². The Hall–Kier alpha value is -1.28. The van der Waals surface area contributed by atoms with Crippen LogP contribution in [0.5, 0.6) is 5.75 Å². The zero-order chi connectivity index (χ0) is 14.8. The van der Waals surface area contributed by atoms with E-state index in [-0.39, 0.29) is 5.75 Å². The van der Waals surface area contributed by atoms with Gasteiger partial charge in [-0.2, -0.15) is 0 Å². The highest BCUT2D eigenvalue weighted by Crippen LogP contribution is 2.27. The van der Waals surface area contributed by atoms with Crippen LogP contribution in [0.2, 0.25) is 0 Å². The monoisotopic (exact) mass is 393 g/mol. The van der Waals surface area contributed by atoms with E-state index in [1.807, 2.05) is 24.3 Å². The lowest BCUT2D eigenvalue weighted by Gasteiger charge is -2.15. The second kappa shape index (κ2) is 6.01. The molecular weight excluding hydrogens is 382 g/mol. The summed E-state index contributed by atoms with van der Waals surface area (Å²) < 4.78 is 41.5. The van der Waals surface area contributed by atoms with Crippen molar-refractivity contribution in [2.75, 3.05) is 0 Å². The Bertz CT molecular complexity index is 601. The molecule has 0 fully saturated rings. The van der Waals surface area contributed by atoms with Crippen LogP contribution in [-0.2, 0) is 0 Å². The maximum atomic E-state index is 12.2. The van der Waals surface area contributed by atoms with Crippen LogP contribution < -0.4 is 10.5 Å². The lowest BCUT2D eigenvalue weighted by molar-refractivity contribution is -0.274. The predicted molar refractivity (Wildman–Crippen MR) is 78.3 cm³/mol. The van der Waals surface area contributed by atoms with Crippen molar-refractivity contribution >= 4 is 22.6 Å². The standard InChI is InChI=1S/C14H11F3INO/c15-14(16,17)20-12-6-2-4-10(8-12)13(19)9-3-1-5-11(18)7-9/h1-8,13H,19H2. The lowest BCUT2D eigenvalue weighted by atomic mass is 10.00. The summed E-state index contributed by atoms with van der Waals surface area (Å²) in [5.41, 5.74) is 7.48. The smallest absolute Gasteiger partial charge is 0.406 e. The average Bonchev–Trinajstić information content (AvgIpc) is 2.36. The second-order valence-electron chi connectivity index (χ2n) is 4.15. The molecule has 2 aromatic rings. The van der Waals surface area contributed by atoms with Gasteiger partial charge in [0.2, 0.25) is 0 Å². The number of halogens is 4. The molecule has 0 heterocycles. The van der Waals surface area contributed by atoms with Crippen molar-refractivity contribution in [1.29, 1.82) is 0 Å². The van der Waals surface area contributed by atoms with Gasteiger partial charge in [0.05, 0.1) is 6.04 Å². The molecule has 1 unspecified atom stereocenters. The molecule has 0 bridgehead atoms. The highest BCUT2D eigenvalue weighted by atomic mass is 127. The Balaban J connectivity index is 2.26. The summed E-state index contributed by atoms with van der Waals surface area (Å²) >= 11 is 2.15. The number of hydrogen-bond donors (Lipinski definition) is 1. The first-order chi connectivity index (χ1) is 9.35. The Morgan fingerprint density at radius 1 is 1.00 bits per heavy atom. The van der Waals surface area contributed by atoms with Gasteiger partial charge in [0.15, 0.2) is 0 Å². The molecule has 0 spiro atoms. The molecule has 0 radical (unpaired) electrons. The lowest BCUT2D eigenvalue weighted by Crippen LogP contribution is -2.18. The first-order valence-electron chi connectivity index (χ1n) is 5.72. The number of nitrogens with two attached hydrogens (primary N) is 1. The van der Waals surface area contributed by atoms with Gasteiger partial charge >= 0.3 is 6.36 Å². The zero-order valence-corrected chi connectivity index (χ0v) is 12.4. The highest BCUT2D eigenvalue weighted by Gasteiger charge is 2.31. The maximum absolute atomic E-state index is 12.2. The third-order valence-electron chi connectivity index (χ3n) is 2.66. The third-order valence-corrected chi connectivity index (χ3v) is 3.33. The largest absolute Gasteiger partial charge is 0.573 e. The van der Waals surface area contributed by atoms with E-state index >= 15 is 0 Å². The minimum atomic E-state index is -4.70. The van der Waals surface area contributed by atoms with Crippen LogP contribution in [0.15, 0.2) is 48.5 Å². The third kappa shape index (κ3) is 4.11. The molecule has 2 N–H and O–H groups in total. The molecule has 1 atom stereocenters. The molecule has 0 aliphatic rings. The van der Waals surface area contributed by atoms with Crippen molar-refractivity contribution in [2.45, 2.75) is 12.4 Å². The Labute approximate surface area is 127 Å². The van der Waals surface area contributed by atoms with Crippen LogP contribution in [-0.4, -0.2) is 6.36 Å². The summed E-state index contributed by atoms with van der Waals surface area (Å²) in [5, 5.41) is 0. The Morgan fingerprint density at radius 3 is 2.20 bits per heavy atom. The molecule has 6 heteroatoms. The molecule has 0 aliphatic heterocycles. The fraction of sp³-hybridized carbons (Fsp3) is 0.143. The first-order valence-corrected chi connectivity index (χ1v) is 6.80. The molecule has 2 nitrogen and oxygen atoms in total. The molecule has 0 aromatic heterocycles. The number of benzene rings is 2. The van der Waals surface area contributed by atoms with Crippen LogP contribution in [0, 0.1) is 3.57 Å². The molecular formula is C14H11F3INO. The quantitative estimate of drug-likeness (QED) is 0.793. The molecule has 2 rings (SSSR count). The van der Waals surface area contributed by atoms with E-state index in [0.29, 0.717) is 5.56 Å². The van der Waals surface area contributed by atoms with Crippen LogP contribution >= 0.6 is 22.6 Å². The predicted octanol–water partition coefficient (Wildman–Crippen LogP) is 4.24. The summed E-state index contributed by atoms with van der Waals surface area (Å²) in [5.74, 6) is -0.268. The van der Waals surface area contributed by atoms with E-state index in [2.05, 4.69) is 27.3 Å². The topological polar surface area (TPSA) is 35.2 Å². The summed E-state index contributed by atoms with van der Waals surface area (Å²) in [4.78, 5) is 0. The van der Waals surface area contributed by atoms with Gasteiger partial charge in [0.25, 0.3) is 0 Å².